The Morgan fingerprint density at radius 3 is 2.50 bits per heavy atom. The van der Waals surface area contributed by atoms with Crippen LogP contribution >= 0.6 is 0 Å². The summed E-state index contributed by atoms with van der Waals surface area (Å²) in [6.07, 6.45) is 1.50. The summed E-state index contributed by atoms with van der Waals surface area (Å²) < 4.78 is 10.7. The Morgan fingerprint density at radius 1 is 1.33 bits per heavy atom. The Hall–Kier alpha value is -0.650. The topological polar surface area (TPSA) is 67.8 Å². The number of carboxylic acids is 1. The molecule has 0 saturated heterocycles. The van der Waals surface area contributed by atoms with Crippen LogP contribution in [0.5, 0.6) is 0 Å². The summed E-state index contributed by atoms with van der Waals surface area (Å²) in [6, 6.07) is 0. The van der Waals surface area contributed by atoms with Gasteiger partial charge in [0.2, 0.25) is 0 Å². The summed E-state index contributed by atoms with van der Waals surface area (Å²) in [5.74, 6) is -0.813. The van der Waals surface area contributed by atoms with Gasteiger partial charge in [0, 0.05) is 6.61 Å². The molecule has 5 nitrogen and oxygen atoms in total. The van der Waals surface area contributed by atoms with Gasteiger partial charge in [-0.25, -0.2) is 0 Å². The van der Waals surface area contributed by atoms with E-state index >= 15 is 0 Å². The summed E-state index contributed by atoms with van der Waals surface area (Å²) in [6.45, 7) is 9.93. The van der Waals surface area contributed by atoms with Crippen LogP contribution in [0.25, 0.3) is 0 Å². The minimum absolute atomic E-state index is 0.220. The van der Waals surface area contributed by atoms with E-state index in [4.69, 9.17) is 14.6 Å². The van der Waals surface area contributed by atoms with E-state index in [2.05, 4.69) is 5.32 Å². The second-order valence-corrected chi connectivity index (χ2v) is 4.80. The van der Waals surface area contributed by atoms with Crippen molar-refractivity contribution in [3.8, 4) is 0 Å². The predicted molar refractivity (Wildman–Crippen MR) is 70.9 cm³/mol. The maximum absolute atomic E-state index is 11.1. The lowest BCUT2D eigenvalue weighted by Gasteiger charge is -2.25. The molecule has 0 aliphatic heterocycles. The molecule has 0 saturated carbocycles. The highest BCUT2D eigenvalue weighted by Crippen LogP contribution is 2.12. The van der Waals surface area contributed by atoms with Gasteiger partial charge in [-0.1, -0.05) is 6.92 Å². The van der Waals surface area contributed by atoms with E-state index in [0.29, 0.717) is 32.8 Å². The van der Waals surface area contributed by atoms with Crippen molar-refractivity contribution in [2.75, 3.05) is 26.4 Å². The molecule has 18 heavy (non-hydrogen) atoms. The first kappa shape index (κ1) is 17.4. The van der Waals surface area contributed by atoms with Crippen LogP contribution in [0.15, 0.2) is 0 Å². The molecule has 0 radical (unpaired) electrons. The number of likely N-dealkylation sites (N-methyl/N-ethyl adjacent to an activating group) is 1. The molecule has 108 valence electrons. The lowest BCUT2D eigenvalue weighted by molar-refractivity contribution is -0.144. The van der Waals surface area contributed by atoms with Gasteiger partial charge in [-0.2, -0.15) is 0 Å². The molecule has 0 spiro atoms. The minimum Gasteiger partial charge on any atom is -0.480 e. The van der Waals surface area contributed by atoms with E-state index in [-0.39, 0.29) is 6.10 Å². The monoisotopic (exact) mass is 261 g/mol. The summed E-state index contributed by atoms with van der Waals surface area (Å²) in [5.41, 5.74) is -0.855. The molecule has 0 aromatic rings. The van der Waals surface area contributed by atoms with Crippen molar-refractivity contribution in [1.29, 1.82) is 0 Å². The van der Waals surface area contributed by atoms with E-state index in [1.54, 1.807) is 6.92 Å². The standard InChI is InChI=1S/C13H27NO4/c1-5-14-13(4,12(15)16)7-6-8-17-9-10-18-11(2)3/h11,14H,5-10H2,1-4H3,(H,15,16). The van der Waals surface area contributed by atoms with Crippen LogP contribution in [0.2, 0.25) is 0 Å². The molecule has 5 heteroatoms. The average molecular weight is 261 g/mol. The fraction of sp³-hybridized carbons (Fsp3) is 0.923. The van der Waals surface area contributed by atoms with Crippen molar-refractivity contribution in [2.45, 2.75) is 52.2 Å². The quantitative estimate of drug-likeness (QED) is 0.554. The van der Waals surface area contributed by atoms with Crippen molar-refractivity contribution in [1.82, 2.24) is 5.32 Å². The number of aliphatic carboxylic acids is 1. The van der Waals surface area contributed by atoms with Crippen LogP contribution < -0.4 is 5.32 Å². The first-order valence-corrected chi connectivity index (χ1v) is 6.60. The molecule has 0 aromatic heterocycles. The van der Waals surface area contributed by atoms with Crippen LogP contribution in [0.4, 0.5) is 0 Å². The zero-order valence-corrected chi connectivity index (χ0v) is 12.0. The lowest BCUT2D eigenvalue weighted by atomic mass is 9.96. The van der Waals surface area contributed by atoms with Crippen LogP contribution in [-0.4, -0.2) is 49.1 Å². The normalized spacial score (nSPS) is 14.7. The summed E-state index contributed by atoms with van der Waals surface area (Å²) in [4.78, 5) is 11.1. The van der Waals surface area contributed by atoms with Crippen LogP contribution in [-0.2, 0) is 14.3 Å². The Kier molecular flexibility index (Phi) is 8.97. The maximum Gasteiger partial charge on any atom is 0.323 e. The fourth-order valence-corrected chi connectivity index (χ4v) is 1.63. The number of carboxylic acid groups (broad SMARTS) is 1. The van der Waals surface area contributed by atoms with E-state index in [1.807, 2.05) is 20.8 Å². The van der Waals surface area contributed by atoms with E-state index < -0.39 is 11.5 Å². The van der Waals surface area contributed by atoms with Crippen LogP contribution in [0.3, 0.4) is 0 Å². The summed E-state index contributed by atoms with van der Waals surface area (Å²) in [7, 11) is 0. The zero-order valence-electron chi connectivity index (χ0n) is 12.0. The number of ether oxygens (including phenoxy) is 2. The molecule has 0 heterocycles. The Bertz CT molecular complexity index is 233. The van der Waals surface area contributed by atoms with Gasteiger partial charge in [0.05, 0.1) is 19.3 Å². The van der Waals surface area contributed by atoms with Crippen molar-refractivity contribution in [2.24, 2.45) is 0 Å². The Morgan fingerprint density at radius 2 is 2.00 bits per heavy atom. The number of hydrogen-bond donors (Lipinski definition) is 2. The lowest BCUT2D eigenvalue weighted by Crippen LogP contribution is -2.49. The zero-order chi connectivity index (χ0) is 14.0. The van der Waals surface area contributed by atoms with E-state index in [0.717, 1.165) is 6.42 Å². The maximum atomic E-state index is 11.1. The molecule has 0 aliphatic carbocycles. The number of rotatable bonds is 11. The first-order valence-electron chi connectivity index (χ1n) is 6.60. The van der Waals surface area contributed by atoms with Crippen molar-refractivity contribution < 1.29 is 19.4 Å². The molecule has 0 aromatic carbocycles. The number of carbonyl (C=O) groups is 1. The van der Waals surface area contributed by atoms with Gasteiger partial charge in [-0.05, 0) is 40.2 Å². The molecule has 1 unspecified atom stereocenters. The number of nitrogens with one attached hydrogen (secondary N) is 1. The van der Waals surface area contributed by atoms with Gasteiger partial charge in [0.1, 0.15) is 5.54 Å². The minimum atomic E-state index is -0.855. The third kappa shape index (κ3) is 7.63. The van der Waals surface area contributed by atoms with E-state index in [1.165, 1.54) is 0 Å². The van der Waals surface area contributed by atoms with Gasteiger partial charge >= 0.3 is 5.97 Å². The average Bonchev–Trinajstić information content (AvgIpc) is 2.27. The largest absolute Gasteiger partial charge is 0.480 e. The molecular weight excluding hydrogens is 234 g/mol. The highest BCUT2D eigenvalue weighted by Gasteiger charge is 2.30. The van der Waals surface area contributed by atoms with Gasteiger partial charge in [-0.15, -0.1) is 0 Å². The molecule has 0 amide bonds. The molecular formula is C13H27NO4. The van der Waals surface area contributed by atoms with Gasteiger partial charge in [0.15, 0.2) is 0 Å². The molecule has 1 atom stereocenters. The number of hydrogen-bond acceptors (Lipinski definition) is 4. The van der Waals surface area contributed by atoms with Gasteiger partial charge in [-0.3, -0.25) is 4.79 Å². The van der Waals surface area contributed by atoms with Crippen LogP contribution in [0, 0.1) is 0 Å². The Labute approximate surface area is 110 Å². The highest BCUT2D eigenvalue weighted by molar-refractivity contribution is 5.78. The van der Waals surface area contributed by atoms with Crippen molar-refractivity contribution >= 4 is 5.97 Å². The molecule has 2 N–H and O–H groups in total. The molecule has 0 aliphatic rings. The van der Waals surface area contributed by atoms with Crippen LogP contribution in [0.1, 0.15) is 40.5 Å². The highest BCUT2D eigenvalue weighted by atomic mass is 16.5. The fourth-order valence-electron chi connectivity index (χ4n) is 1.63. The smallest absolute Gasteiger partial charge is 0.323 e. The van der Waals surface area contributed by atoms with Gasteiger partial charge < -0.3 is 19.9 Å². The third-order valence-corrected chi connectivity index (χ3v) is 2.68. The predicted octanol–water partition coefficient (Wildman–Crippen LogP) is 1.66. The molecule has 0 rings (SSSR count). The third-order valence-electron chi connectivity index (χ3n) is 2.68. The van der Waals surface area contributed by atoms with Gasteiger partial charge in [0.25, 0.3) is 0 Å². The summed E-state index contributed by atoms with van der Waals surface area (Å²) >= 11 is 0. The van der Waals surface area contributed by atoms with Crippen molar-refractivity contribution in [3.05, 3.63) is 0 Å². The van der Waals surface area contributed by atoms with Crippen molar-refractivity contribution in [3.63, 3.8) is 0 Å². The van der Waals surface area contributed by atoms with E-state index in [9.17, 15) is 4.79 Å². The second-order valence-electron chi connectivity index (χ2n) is 4.80. The first-order chi connectivity index (χ1) is 8.42. The summed E-state index contributed by atoms with van der Waals surface area (Å²) in [5, 5.41) is 12.1. The molecule has 0 bridgehead atoms. The molecule has 0 fully saturated rings. The SMILES string of the molecule is CCNC(C)(CCCOCCOC(C)C)C(=O)O. The Balaban J connectivity index is 3.65. The second kappa shape index (κ2) is 9.30.